The second kappa shape index (κ2) is 5.48. The zero-order chi connectivity index (χ0) is 15.7. The van der Waals surface area contributed by atoms with Crippen molar-refractivity contribution in [1.29, 1.82) is 0 Å². The highest BCUT2D eigenvalue weighted by molar-refractivity contribution is 5.99. The second-order valence-electron chi connectivity index (χ2n) is 6.01. The Morgan fingerprint density at radius 1 is 1.23 bits per heavy atom. The SMILES string of the molecule is Cc1cccc2cc(C(=O)NC3(C(=O)O)CCCCC3)oc12. The summed E-state index contributed by atoms with van der Waals surface area (Å²) in [5.41, 5.74) is 0.450. The number of aliphatic carboxylic acids is 1. The van der Waals surface area contributed by atoms with Gasteiger partial charge < -0.3 is 14.8 Å². The van der Waals surface area contributed by atoms with Gasteiger partial charge in [-0.3, -0.25) is 4.79 Å². The number of nitrogens with one attached hydrogen (secondary N) is 1. The fourth-order valence-electron chi connectivity index (χ4n) is 3.15. The lowest BCUT2D eigenvalue weighted by Gasteiger charge is -2.33. The van der Waals surface area contributed by atoms with Gasteiger partial charge in [-0.1, -0.05) is 37.5 Å². The third-order valence-corrected chi connectivity index (χ3v) is 4.43. The maximum Gasteiger partial charge on any atom is 0.329 e. The van der Waals surface area contributed by atoms with Crippen LogP contribution in [0.3, 0.4) is 0 Å². The molecule has 1 aromatic carbocycles. The summed E-state index contributed by atoms with van der Waals surface area (Å²) in [5, 5.41) is 13.1. The third-order valence-electron chi connectivity index (χ3n) is 4.43. The van der Waals surface area contributed by atoms with E-state index in [0.717, 1.165) is 30.2 Å². The fourth-order valence-corrected chi connectivity index (χ4v) is 3.15. The number of carbonyl (C=O) groups is 2. The number of aryl methyl sites for hydroxylation is 1. The molecule has 0 unspecified atom stereocenters. The van der Waals surface area contributed by atoms with Gasteiger partial charge in [-0.05, 0) is 31.4 Å². The maximum absolute atomic E-state index is 12.4. The molecule has 0 atom stereocenters. The normalized spacial score (nSPS) is 17.3. The average Bonchev–Trinajstić information content (AvgIpc) is 2.94. The zero-order valence-electron chi connectivity index (χ0n) is 12.5. The lowest BCUT2D eigenvalue weighted by atomic mass is 9.81. The summed E-state index contributed by atoms with van der Waals surface area (Å²) in [5.74, 6) is -1.26. The first-order chi connectivity index (χ1) is 10.5. The van der Waals surface area contributed by atoms with Crippen LogP contribution in [-0.2, 0) is 4.79 Å². The van der Waals surface area contributed by atoms with Crippen LogP contribution in [0, 0.1) is 6.92 Å². The molecule has 2 aromatic rings. The quantitative estimate of drug-likeness (QED) is 0.912. The average molecular weight is 301 g/mol. The predicted molar refractivity (Wildman–Crippen MR) is 81.9 cm³/mol. The van der Waals surface area contributed by atoms with Crippen LogP contribution < -0.4 is 5.32 Å². The number of carboxylic acids is 1. The van der Waals surface area contributed by atoms with E-state index in [2.05, 4.69) is 5.32 Å². The number of hydrogen-bond donors (Lipinski definition) is 2. The molecule has 0 saturated heterocycles. The Morgan fingerprint density at radius 3 is 2.59 bits per heavy atom. The molecule has 0 bridgehead atoms. The molecule has 0 spiro atoms. The van der Waals surface area contributed by atoms with Crippen molar-refractivity contribution in [3.05, 3.63) is 35.6 Å². The minimum absolute atomic E-state index is 0.162. The highest BCUT2D eigenvalue weighted by atomic mass is 16.4. The van der Waals surface area contributed by atoms with Crippen molar-refractivity contribution in [2.75, 3.05) is 0 Å². The van der Waals surface area contributed by atoms with Gasteiger partial charge in [-0.15, -0.1) is 0 Å². The van der Waals surface area contributed by atoms with Crippen LogP contribution in [0.4, 0.5) is 0 Å². The minimum atomic E-state index is -1.16. The van der Waals surface area contributed by atoms with Crippen LogP contribution >= 0.6 is 0 Å². The van der Waals surface area contributed by atoms with E-state index in [-0.39, 0.29) is 5.76 Å². The first kappa shape index (κ1) is 14.6. The number of carbonyl (C=O) groups excluding carboxylic acids is 1. The van der Waals surface area contributed by atoms with Crippen molar-refractivity contribution in [1.82, 2.24) is 5.32 Å². The van der Waals surface area contributed by atoms with Crippen molar-refractivity contribution < 1.29 is 19.1 Å². The lowest BCUT2D eigenvalue weighted by Crippen LogP contribution is -2.55. The van der Waals surface area contributed by atoms with Crippen molar-refractivity contribution in [2.45, 2.75) is 44.6 Å². The molecule has 1 saturated carbocycles. The van der Waals surface area contributed by atoms with Gasteiger partial charge in [0.15, 0.2) is 5.76 Å². The van der Waals surface area contributed by atoms with Gasteiger partial charge in [0.25, 0.3) is 5.91 Å². The van der Waals surface area contributed by atoms with Crippen LogP contribution in [-0.4, -0.2) is 22.5 Å². The molecule has 3 rings (SSSR count). The highest BCUT2D eigenvalue weighted by Gasteiger charge is 2.41. The van der Waals surface area contributed by atoms with E-state index in [1.165, 1.54) is 0 Å². The number of hydrogen-bond acceptors (Lipinski definition) is 3. The minimum Gasteiger partial charge on any atom is -0.480 e. The van der Waals surface area contributed by atoms with E-state index < -0.39 is 17.4 Å². The first-order valence-electron chi connectivity index (χ1n) is 7.57. The number of benzene rings is 1. The Kier molecular flexibility index (Phi) is 3.64. The summed E-state index contributed by atoms with van der Waals surface area (Å²) < 4.78 is 5.62. The zero-order valence-corrected chi connectivity index (χ0v) is 12.5. The van der Waals surface area contributed by atoms with E-state index in [1.54, 1.807) is 6.07 Å². The molecule has 5 heteroatoms. The molecule has 0 radical (unpaired) electrons. The van der Waals surface area contributed by atoms with Gasteiger partial charge in [-0.25, -0.2) is 4.79 Å². The van der Waals surface area contributed by atoms with Crippen LogP contribution in [0.5, 0.6) is 0 Å². The molecule has 1 amide bonds. The van der Waals surface area contributed by atoms with Crippen molar-refractivity contribution >= 4 is 22.8 Å². The third kappa shape index (κ3) is 2.47. The van der Waals surface area contributed by atoms with Gasteiger partial charge in [0.1, 0.15) is 11.1 Å². The molecule has 116 valence electrons. The molecule has 1 heterocycles. The number of carboxylic acid groups (broad SMARTS) is 1. The number of fused-ring (bicyclic) bond motifs is 1. The Bertz CT molecular complexity index is 725. The molecular weight excluding hydrogens is 282 g/mol. The standard InChI is InChI=1S/C17H19NO4/c1-11-6-5-7-12-10-13(22-14(11)12)15(19)18-17(16(20)21)8-3-2-4-9-17/h5-7,10H,2-4,8-9H2,1H3,(H,18,19)(H,20,21). The summed E-state index contributed by atoms with van der Waals surface area (Å²) in [6, 6.07) is 7.34. The van der Waals surface area contributed by atoms with Gasteiger partial charge >= 0.3 is 5.97 Å². The maximum atomic E-state index is 12.4. The van der Waals surface area contributed by atoms with E-state index in [9.17, 15) is 14.7 Å². The van der Waals surface area contributed by atoms with Crippen molar-refractivity contribution in [3.63, 3.8) is 0 Å². The molecule has 22 heavy (non-hydrogen) atoms. The summed E-state index contributed by atoms with van der Waals surface area (Å²) in [6.07, 6.45) is 3.56. The summed E-state index contributed by atoms with van der Waals surface area (Å²) in [6.45, 7) is 1.91. The van der Waals surface area contributed by atoms with Gasteiger partial charge in [0.2, 0.25) is 0 Å². The van der Waals surface area contributed by atoms with Crippen molar-refractivity contribution in [3.8, 4) is 0 Å². The summed E-state index contributed by atoms with van der Waals surface area (Å²) in [7, 11) is 0. The summed E-state index contributed by atoms with van der Waals surface area (Å²) in [4.78, 5) is 24.1. The van der Waals surface area contributed by atoms with Gasteiger partial charge in [0, 0.05) is 5.39 Å². The van der Waals surface area contributed by atoms with E-state index >= 15 is 0 Å². The number of para-hydroxylation sites is 1. The Morgan fingerprint density at radius 2 is 1.95 bits per heavy atom. The molecule has 0 aliphatic heterocycles. The largest absolute Gasteiger partial charge is 0.480 e. The second-order valence-corrected chi connectivity index (χ2v) is 6.01. The number of amides is 1. The highest BCUT2D eigenvalue weighted by Crippen LogP contribution is 2.29. The smallest absolute Gasteiger partial charge is 0.329 e. The van der Waals surface area contributed by atoms with Gasteiger partial charge in [-0.2, -0.15) is 0 Å². The Balaban J connectivity index is 1.88. The number of furan rings is 1. The molecule has 1 aliphatic carbocycles. The van der Waals surface area contributed by atoms with Gasteiger partial charge in [0.05, 0.1) is 0 Å². The van der Waals surface area contributed by atoms with E-state index in [4.69, 9.17) is 4.42 Å². The van der Waals surface area contributed by atoms with E-state index in [0.29, 0.717) is 18.4 Å². The molecule has 2 N–H and O–H groups in total. The molecule has 1 aliphatic rings. The van der Waals surface area contributed by atoms with E-state index in [1.807, 2.05) is 25.1 Å². The monoisotopic (exact) mass is 301 g/mol. The topological polar surface area (TPSA) is 79.5 Å². The van der Waals surface area contributed by atoms with Crippen LogP contribution in [0.15, 0.2) is 28.7 Å². The number of rotatable bonds is 3. The van der Waals surface area contributed by atoms with Crippen molar-refractivity contribution in [2.24, 2.45) is 0 Å². The Labute approximate surface area is 128 Å². The predicted octanol–water partition coefficient (Wildman–Crippen LogP) is 3.26. The molecule has 1 fully saturated rings. The molecule has 1 aromatic heterocycles. The van der Waals surface area contributed by atoms with Crippen LogP contribution in [0.2, 0.25) is 0 Å². The Hall–Kier alpha value is -2.30. The lowest BCUT2D eigenvalue weighted by molar-refractivity contribution is -0.145. The fraction of sp³-hybridized carbons (Fsp3) is 0.412. The van der Waals surface area contributed by atoms with Crippen LogP contribution in [0.1, 0.15) is 48.2 Å². The first-order valence-corrected chi connectivity index (χ1v) is 7.57. The van der Waals surface area contributed by atoms with Crippen LogP contribution in [0.25, 0.3) is 11.0 Å². The summed E-state index contributed by atoms with van der Waals surface area (Å²) >= 11 is 0. The molecule has 5 nitrogen and oxygen atoms in total. The molecular formula is C17H19NO4.